The number of nitrogens with zero attached hydrogens (tertiary/aromatic N) is 4. The Hall–Kier alpha value is -3.81. The maximum Gasteiger partial charge on any atom is 0.135 e. The van der Waals surface area contributed by atoms with E-state index in [1.807, 2.05) is 18.5 Å². The van der Waals surface area contributed by atoms with Crippen LogP contribution in [0.4, 0.5) is 0 Å². The van der Waals surface area contributed by atoms with Gasteiger partial charge in [0.05, 0.1) is 16.9 Å². The average Bonchev–Trinajstić information content (AvgIpc) is 3.69. The zero-order valence-corrected chi connectivity index (χ0v) is 20.8. The molecule has 1 aliphatic heterocycles. The number of pyridine rings is 2. The Morgan fingerprint density at radius 1 is 1.06 bits per heavy atom. The van der Waals surface area contributed by atoms with E-state index in [9.17, 15) is 0 Å². The molecule has 0 radical (unpaired) electrons. The van der Waals surface area contributed by atoms with Gasteiger partial charge in [0.15, 0.2) is 0 Å². The number of fused-ring (bicyclic) bond motifs is 2. The third kappa shape index (κ3) is 3.81. The first-order chi connectivity index (χ1) is 17.7. The van der Waals surface area contributed by atoms with Crippen LogP contribution in [0.2, 0.25) is 0 Å². The molecule has 0 aliphatic carbocycles. The molecule has 178 valence electrons. The quantitative estimate of drug-likeness (QED) is 0.281. The molecule has 0 saturated carbocycles. The van der Waals surface area contributed by atoms with Gasteiger partial charge in [-0.1, -0.05) is 25.1 Å². The molecule has 7 heteroatoms. The Morgan fingerprint density at radius 3 is 2.89 bits per heavy atom. The summed E-state index contributed by atoms with van der Waals surface area (Å²) in [6.45, 7) is 5.58. The van der Waals surface area contributed by atoms with Crippen LogP contribution >= 0.6 is 11.3 Å². The number of aromatic nitrogens is 5. The smallest absolute Gasteiger partial charge is 0.135 e. The minimum atomic E-state index is 0.774. The van der Waals surface area contributed by atoms with Crippen molar-refractivity contribution in [2.45, 2.75) is 19.9 Å². The van der Waals surface area contributed by atoms with E-state index >= 15 is 0 Å². The van der Waals surface area contributed by atoms with Gasteiger partial charge < -0.3 is 4.98 Å². The molecular formula is C29H26N6S. The number of hydrogen-bond donors (Lipinski definition) is 2. The zero-order valence-electron chi connectivity index (χ0n) is 20.0. The average molecular weight is 491 g/mol. The summed E-state index contributed by atoms with van der Waals surface area (Å²) in [5.74, 6) is 0.774. The van der Waals surface area contributed by atoms with Gasteiger partial charge in [-0.2, -0.15) is 5.10 Å². The predicted molar refractivity (Wildman–Crippen MR) is 147 cm³/mol. The molecule has 5 aromatic heterocycles. The van der Waals surface area contributed by atoms with Gasteiger partial charge in [0.2, 0.25) is 0 Å². The number of H-pyrrole nitrogens is 2. The third-order valence-electron chi connectivity index (χ3n) is 7.12. The Morgan fingerprint density at radius 2 is 2.03 bits per heavy atom. The number of benzene rings is 1. The monoisotopic (exact) mass is 490 g/mol. The molecular weight excluding hydrogens is 464 g/mol. The molecule has 0 spiro atoms. The fourth-order valence-corrected chi connectivity index (χ4v) is 6.09. The van der Waals surface area contributed by atoms with Crippen LogP contribution in [0, 0.1) is 5.92 Å². The summed E-state index contributed by atoms with van der Waals surface area (Å²) < 4.78 is 0. The van der Waals surface area contributed by atoms with Gasteiger partial charge in [0.25, 0.3) is 0 Å². The lowest BCUT2D eigenvalue weighted by molar-refractivity contribution is 0.320. The first-order valence-electron chi connectivity index (χ1n) is 12.4. The van der Waals surface area contributed by atoms with Crippen LogP contribution in [0.5, 0.6) is 0 Å². The molecule has 1 saturated heterocycles. The Labute approximate surface area is 213 Å². The molecule has 1 unspecified atom stereocenters. The molecule has 6 heterocycles. The van der Waals surface area contributed by atoms with Crippen molar-refractivity contribution >= 4 is 33.3 Å². The molecule has 0 bridgehead atoms. The summed E-state index contributed by atoms with van der Waals surface area (Å²) in [6.07, 6.45) is 5.15. The minimum Gasteiger partial charge on any atom is -0.353 e. The highest BCUT2D eigenvalue weighted by atomic mass is 32.1. The van der Waals surface area contributed by atoms with E-state index in [-0.39, 0.29) is 0 Å². The van der Waals surface area contributed by atoms with Gasteiger partial charge >= 0.3 is 0 Å². The third-order valence-corrected chi connectivity index (χ3v) is 8.02. The van der Waals surface area contributed by atoms with E-state index in [0.717, 1.165) is 64.7 Å². The second-order valence-electron chi connectivity index (χ2n) is 9.80. The van der Waals surface area contributed by atoms with Gasteiger partial charge in [-0.25, -0.2) is 4.98 Å². The molecule has 6 aromatic rings. The van der Waals surface area contributed by atoms with Crippen molar-refractivity contribution in [1.29, 1.82) is 0 Å². The second kappa shape index (κ2) is 8.69. The van der Waals surface area contributed by atoms with Gasteiger partial charge in [0, 0.05) is 52.4 Å². The van der Waals surface area contributed by atoms with Crippen molar-refractivity contribution < 1.29 is 0 Å². The molecule has 0 amide bonds. The van der Waals surface area contributed by atoms with Crippen molar-refractivity contribution in [3.05, 3.63) is 77.9 Å². The van der Waals surface area contributed by atoms with Gasteiger partial charge in [-0.15, -0.1) is 11.3 Å². The van der Waals surface area contributed by atoms with E-state index in [0.29, 0.717) is 0 Å². The number of nitrogens with one attached hydrogen (secondary N) is 2. The summed E-state index contributed by atoms with van der Waals surface area (Å²) in [5, 5.41) is 11.1. The molecule has 36 heavy (non-hydrogen) atoms. The first kappa shape index (κ1) is 21.5. The fourth-order valence-electron chi connectivity index (χ4n) is 5.32. The van der Waals surface area contributed by atoms with Crippen LogP contribution in [0.1, 0.15) is 18.9 Å². The summed E-state index contributed by atoms with van der Waals surface area (Å²) in [6, 6.07) is 19.2. The van der Waals surface area contributed by atoms with Crippen molar-refractivity contribution in [3.8, 4) is 33.1 Å². The molecule has 1 atom stereocenters. The van der Waals surface area contributed by atoms with Crippen LogP contribution in [0.15, 0.2) is 72.4 Å². The highest BCUT2D eigenvalue weighted by molar-refractivity contribution is 7.13. The van der Waals surface area contributed by atoms with E-state index in [1.54, 1.807) is 11.3 Å². The van der Waals surface area contributed by atoms with Crippen LogP contribution < -0.4 is 0 Å². The summed E-state index contributed by atoms with van der Waals surface area (Å²) >= 11 is 1.75. The van der Waals surface area contributed by atoms with Crippen LogP contribution in [0.3, 0.4) is 0 Å². The van der Waals surface area contributed by atoms with E-state index in [4.69, 9.17) is 4.98 Å². The van der Waals surface area contributed by atoms with Crippen molar-refractivity contribution in [3.63, 3.8) is 0 Å². The lowest BCUT2D eigenvalue weighted by Crippen LogP contribution is -2.19. The Bertz CT molecular complexity index is 1680. The Kier molecular flexibility index (Phi) is 5.18. The highest BCUT2D eigenvalue weighted by Crippen LogP contribution is 2.35. The molecule has 1 aliphatic rings. The standard InChI is InChI=1S/C29H26N6S/c1-18-9-10-35(16-18)17-19-12-20(15-30-14-19)23-7-8-25-28(32-23)29(34-33-25)26-13-22-21(27-6-3-11-36-27)4-2-5-24(22)31-26/h2-8,11-15,18,31H,9-10,16-17H2,1H3,(H,33,34). The highest BCUT2D eigenvalue weighted by Gasteiger charge is 2.19. The lowest BCUT2D eigenvalue weighted by atomic mass is 10.1. The van der Waals surface area contributed by atoms with Gasteiger partial charge in [-0.05, 0) is 66.2 Å². The number of rotatable bonds is 5. The second-order valence-corrected chi connectivity index (χ2v) is 10.8. The number of thiophene rings is 1. The normalized spacial score (nSPS) is 16.4. The molecule has 6 nitrogen and oxygen atoms in total. The predicted octanol–water partition coefficient (Wildman–Crippen LogP) is 6.74. The van der Waals surface area contributed by atoms with Crippen molar-refractivity contribution in [1.82, 2.24) is 30.0 Å². The molecule has 7 rings (SSSR count). The number of hydrogen-bond acceptors (Lipinski definition) is 5. The first-order valence-corrected chi connectivity index (χ1v) is 13.3. The molecule has 1 aromatic carbocycles. The van der Waals surface area contributed by atoms with Crippen molar-refractivity contribution in [2.24, 2.45) is 5.92 Å². The van der Waals surface area contributed by atoms with Gasteiger partial charge in [0.1, 0.15) is 11.2 Å². The maximum atomic E-state index is 5.04. The van der Waals surface area contributed by atoms with Crippen LogP contribution in [-0.4, -0.2) is 43.1 Å². The van der Waals surface area contributed by atoms with Gasteiger partial charge in [-0.3, -0.25) is 15.0 Å². The molecule has 1 fully saturated rings. The molecule has 2 N–H and O–H groups in total. The summed E-state index contributed by atoms with van der Waals surface area (Å²) in [7, 11) is 0. The Balaban J connectivity index is 1.26. The topological polar surface area (TPSA) is 73.5 Å². The summed E-state index contributed by atoms with van der Waals surface area (Å²) in [5.41, 5.74) is 9.06. The van der Waals surface area contributed by atoms with Crippen molar-refractivity contribution in [2.75, 3.05) is 13.1 Å². The fraction of sp³-hybridized carbons (Fsp3) is 0.207. The summed E-state index contributed by atoms with van der Waals surface area (Å²) in [4.78, 5) is 16.9. The zero-order chi connectivity index (χ0) is 24.1. The van der Waals surface area contributed by atoms with Crippen LogP contribution in [0.25, 0.3) is 55.0 Å². The number of aromatic amines is 2. The number of likely N-dealkylation sites (tertiary alicyclic amines) is 1. The van der Waals surface area contributed by atoms with E-state index < -0.39 is 0 Å². The largest absolute Gasteiger partial charge is 0.353 e. The van der Waals surface area contributed by atoms with Crippen LogP contribution in [-0.2, 0) is 6.54 Å². The minimum absolute atomic E-state index is 0.774. The van der Waals surface area contributed by atoms with E-state index in [2.05, 4.69) is 85.9 Å². The van der Waals surface area contributed by atoms with E-state index in [1.165, 1.54) is 27.8 Å². The lowest BCUT2D eigenvalue weighted by Gasteiger charge is -2.15. The SMILES string of the molecule is CC1CCN(Cc2cncc(-c3ccc4[nH]nc(-c5cc6c(-c7cccs7)cccc6[nH]5)c4n3)c2)C1. The maximum absolute atomic E-state index is 5.04.